The third-order valence-electron chi connectivity index (χ3n) is 8.06. The van der Waals surface area contributed by atoms with Crippen molar-refractivity contribution < 1.29 is 30.2 Å². The molecule has 0 saturated heterocycles. The van der Waals surface area contributed by atoms with Crippen LogP contribution in [0.3, 0.4) is 0 Å². The number of thiophene rings is 1. The van der Waals surface area contributed by atoms with Crippen molar-refractivity contribution in [1.82, 2.24) is 14.5 Å². The van der Waals surface area contributed by atoms with Gasteiger partial charge in [-0.15, -0.1) is 29.0 Å². The number of hydrogen-bond acceptors (Lipinski definition) is 5. The van der Waals surface area contributed by atoms with Gasteiger partial charge in [-0.2, -0.15) is 17.4 Å². The molecule has 0 spiro atoms. The largest absolute Gasteiger partial charge is 2.00 e. The molecule has 5 heterocycles. The number of pyridine rings is 2. The van der Waals surface area contributed by atoms with Gasteiger partial charge in [0.25, 0.3) is 0 Å². The van der Waals surface area contributed by atoms with Crippen molar-refractivity contribution in [2.45, 2.75) is 40.0 Å². The van der Waals surface area contributed by atoms with Crippen molar-refractivity contribution >= 4 is 64.6 Å². The van der Waals surface area contributed by atoms with Gasteiger partial charge in [-0.3, -0.25) is 4.98 Å². The molecule has 0 unspecified atom stereocenters. The number of hydrogen-bond donors (Lipinski definition) is 0. The third kappa shape index (κ3) is 4.47. The van der Waals surface area contributed by atoms with Crippen LogP contribution in [0.4, 0.5) is 0 Å². The van der Waals surface area contributed by atoms with Crippen LogP contribution in [0, 0.1) is 26.0 Å². The van der Waals surface area contributed by atoms with Gasteiger partial charge in [0, 0.05) is 29.4 Å². The summed E-state index contributed by atoms with van der Waals surface area (Å²) in [5.41, 5.74) is 7.16. The summed E-state index contributed by atoms with van der Waals surface area (Å²) in [7, 11) is 0. The number of nitrogens with zero attached hydrogens (tertiary/aromatic N) is 3. The van der Waals surface area contributed by atoms with Crippen molar-refractivity contribution in [1.29, 1.82) is 0 Å². The van der Waals surface area contributed by atoms with Crippen LogP contribution in [-0.2, 0) is 26.5 Å². The number of benzene rings is 3. The Morgan fingerprint density at radius 3 is 2.47 bits per heavy atom. The summed E-state index contributed by atoms with van der Waals surface area (Å²) < 4.78 is 15.9. The van der Waals surface area contributed by atoms with Gasteiger partial charge in [0.05, 0.1) is 5.52 Å². The fraction of sp³-hybridized carbons (Fsp3) is 0.167. The topological polar surface area (TPSA) is 53.1 Å². The van der Waals surface area contributed by atoms with Gasteiger partial charge in [0.2, 0.25) is 0 Å². The molecule has 0 radical (unpaired) electrons. The molecule has 8 aromatic rings. The van der Waals surface area contributed by atoms with Crippen LogP contribution >= 0.6 is 11.3 Å². The normalized spacial score (nSPS) is 12.1. The van der Waals surface area contributed by atoms with E-state index >= 15 is 0 Å². The number of para-hydroxylation sites is 1. The van der Waals surface area contributed by atoms with Crippen LogP contribution in [0.2, 0.25) is 0 Å². The van der Waals surface area contributed by atoms with E-state index < -0.39 is 0 Å². The van der Waals surface area contributed by atoms with E-state index in [-0.39, 0.29) is 26.5 Å². The Bertz CT molecular complexity index is 2360. The molecule has 0 amide bonds. The van der Waals surface area contributed by atoms with Gasteiger partial charge in [0.1, 0.15) is 16.3 Å². The third-order valence-corrected chi connectivity index (χ3v) is 9.09. The average Bonchev–Trinajstić information content (AvgIpc) is 3.61. The van der Waals surface area contributed by atoms with E-state index in [1.807, 2.05) is 24.5 Å². The molecule has 0 aliphatic carbocycles. The minimum Gasteiger partial charge on any atom is -0.503 e. The molecular weight excluding hydrogens is 734 g/mol. The molecule has 0 fully saturated rings. The van der Waals surface area contributed by atoms with E-state index in [0.29, 0.717) is 11.5 Å². The predicted molar refractivity (Wildman–Crippen MR) is 171 cm³/mol. The predicted octanol–water partition coefficient (Wildman–Crippen LogP) is 9.99. The van der Waals surface area contributed by atoms with Gasteiger partial charge in [0.15, 0.2) is 0 Å². The van der Waals surface area contributed by atoms with E-state index in [0.717, 1.165) is 70.2 Å². The Morgan fingerprint density at radius 1 is 0.860 bits per heavy atom. The second-order valence-corrected chi connectivity index (χ2v) is 12.9. The van der Waals surface area contributed by atoms with Crippen LogP contribution in [0.25, 0.3) is 59.1 Å². The molecule has 0 N–H and O–H groups in total. The molecule has 8 rings (SSSR count). The SMILES string of the molecule is Cc1cnc(-n2c3[c-]c(Oc4[c-]c5c(cc4)sc4oc6cc(C(C)(C)C)cnc6c45)ccc3c3ccccc32)cc1C.[Pt+2]. The number of fused-ring (bicyclic) bond motifs is 8. The van der Waals surface area contributed by atoms with E-state index in [2.05, 4.69) is 99.8 Å². The van der Waals surface area contributed by atoms with Gasteiger partial charge in [-0.1, -0.05) is 61.3 Å². The Balaban J connectivity index is 0.00000300. The van der Waals surface area contributed by atoms with Gasteiger partial charge >= 0.3 is 21.1 Å². The number of ether oxygens (including phenoxy) is 1. The van der Waals surface area contributed by atoms with Crippen molar-refractivity contribution in [3.63, 3.8) is 0 Å². The summed E-state index contributed by atoms with van der Waals surface area (Å²) in [6, 6.07) is 27.7. The summed E-state index contributed by atoms with van der Waals surface area (Å²) >= 11 is 1.61. The maximum absolute atomic E-state index is 6.40. The van der Waals surface area contributed by atoms with Crippen LogP contribution in [0.5, 0.6) is 11.5 Å². The molecule has 0 bridgehead atoms. The Morgan fingerprint density at radius 2 is 1.65 bits per heavy atom. The molecule has 5 nitrogen and oxygen atoms in total. The van der Waals surface area contributed by atoms with E-state index in [1.54, 1.807) is 11.3 Å². The zero-order chi connectivity index (χ0) is 28.7. The molecule has 0 atom stereocenters. The summed E-state index contributed by atoms with van der Waals surface area (Å²) in [5, 5.41) is 4.19. The van der Waals surface area contributed by atoms with E-state index in [4.69, 9.17) is 19.1 Å². The zero-order valence-corrected chi connectivity index (χ0v) is 27.4. The Labute approximate surface area is 267 Å². The van der Waals surface area contributed by atoms with Crippen molar-refractivity contribution in [2.75, 3.05) is 0 Å². The molecule has 7 heteroatoms. The summed E-state index contributed by atoms with van der Waals surface area (Å²) in [5.74, 6) is 2.09. The molecule has 3 aromatic carbocycles. The van der Waals surface area contributed by atoms with Crippen molar-refractivity contribution in [2.24, 2.45) is 0 Å². The quantitative estimate of drug-likeness (QED) is 0.168. The van der Waals surface area contributed by atoms with Gasteiger partial charge < -0.3 is 13.7 Å². The average molecular weight is 761 g/mol. The maximum Gasteiger partial charge on any atom is 2.00 e. The first kappa shape index (κ1) is 27.8. The van der Waals surface area contributed by atoms with Gasteiger partial charge in [-0.25, -0.2) is 4.98 Å². The smallest absolute Gasteiger partial charge is 0.503 e. The molecule has 43 heavy (non-hydrogen) atoms. The van der Waals surface area contributed by atoms with Crippen molar-refractivity contribution in [3.05, 3.63) is 102 Å². The maximum atomic E-state index is 6.40. The molecule has 214 valence electrons. The number of aryl methyl sites for hydroxylation is 2. The number of aromatic nitrogens is 3. The Hall–Kier alpha value is -3.99. The molecular formula is C36H27N3O2PtS. The Kier molecular flexibility index (Phi) is 6.49. The van der Waals surface area contributed by atoms with E-state index in [1.165, 1.54) is 5.56 Å². The first-order valence-corrected chi connectivity index (χ1v) is 14.8. The summed E-state index contributed by atoms with van der Waals surface area (Å²) in [6.45, 7) is 10.7. The molecule has 0 aliphatic rings. The fourth-order valence-electron chi connectivity index (χ4n) is 5.57. The summed E-state index contributed by atoms with van der Waals surface area (Å²) in [4.78, 5) is 10.4. The second kappa shape index (κ2) is 10.0. The van der Waals surface area contributed by atoms with E-state index in [9.17, 15) is 0 Å². The fourth-order valence-corrected chi connectivity index (χ4v) is 6.60. The number of rotatable bonds is 3. The first-order valence-electron chi connectivity index (χ1n) is 14.0. The first-order chi connectivity index (χ1) is 20.2. The summed E-state index contributed by atoms with van der Waals surface area (Å²) in [6.07, 6.45) is 3.88. The minimum atomic E-state index is -0.00569. The monoisotopic (exact) mass is 760 g/mol. The van der Waals surface area contributed by atoms with Crippen LogP contribution in [-0.4, -0.2) is 14.5 Å². The zero-order valence-electron chi connectivity index (χ0n) is 24.3. The minimum absolute atomic E-state index is 0. The van der Waals surface area contributed by atoms with Crippen LogP contribution in [0.1, 0.15) is 37.5 Å². The van der Waals surface area contributed by atoms with Gasteiger partial charge in [-0.05, 0) is 64.9 Å². The van der Waals surface area contributed by atoms with Crippen LogP contribution < -0.4 is 4.74 Å². The molecule has 5 aromatic heterocycles. The number of furan rings is 1. The second-order valence-electron chi connectivity index (χ2n) is 11.9. The van der Waals surface area contributed by atoms with Crippen LogP contribution in [0.15, 0.2) is 77.5 Å². The standard InChI is InChI=1S/C36H27N3O2S.Pt/c1-20-14-32(37-18-21(20)2)39-28-9-7-6-8-25(28)26-12-10-24(17-29(26)39)40-23-11-13-31-27(16-23)33-34-30(41-35(33)42-31)15-22(19-38-34)36(3,4)5;/h6-15,18-19H,1-5H3;/q-2;+2. The molecule has 0 aliphatic heterocycles. The molecule has 0 saturated carbocycles. The van der Waals surface area contributed by atoms with Crippen molar-refractivity contribution in [3.8, 4) is 17.3 Å².